The van der Waals surface area contributed by atoms with Gasteiger partial charge >= 0.3 is 6.09 Å². The second kappa shape index (κ2) is 7.37. The summed E-state index contributed by atoms with van der Waals surface area (Å²) in [5.41, 5.74) is -0.434. The molecule has 1 fully saturated rings. The minimum absolute atomic E-state index is 0.212. The number of aromatic nitrogens is 2. The Morgan fingerprint density at radius 3 is 2.55 bits per heavy atom. The zero-order valence-electron chi connectivity index (χ0n) is 13.8. The van der Waals surface area contributed by atoms with Crippen molar-refractivity contribution < 1.29 is 14.3 Å². The Morgan fingerprint density at radius 2 is 2.00 bits per heavy atom. The van der Waals surface area contributed by atoms with Crippen molar-refractivity contribution in [2.45, 2.75) is 52.7 Å². The van der Waals surface area contributed by atoms with Crippen LogP contribution in [0.1, 0.15) is 43.6 Å². The van der Waals surface area contributed by atoms with Crippen LogP contribution in [0, 0.1) is 12.8 Å². The second-order valence-corrected chi connectivity index (χ2v) is 7.91. The van der Waals surface area contributed by atoms with Gasteiger partial charge in [0.25, 0.3) is 0 Å². The van der Waals surface area contributed by atoms with E-state index in [0.717, 1.165) is 35.9 Å². The van der Waals surface area contributed by atoms with E-state index in [-0.39, 0.29) is 6.09 Å². The lowest BCUT2D eigenvalue weighted by Crippen LogP contribution is -2.42. The maximum atomic E-state index is 12.0. The summed E-state index contributed by atoms with van der Waals surface area (Å²) in [6.45, 7) is 10.3. The van der Waals surface area contributed by atoms with Crippen molar-refractivity contribution in [2.24, 2.45) is 5.92 Å². The normalized spacial score (nSPS) is 16.8. The molecule has 1 amide bonds. The summed E-state index contributed by atoms with van der Waals surface area (Å²) >= 11 is 1.57. The van der Waals surface area contributed by atoms with Crippen LogP contribution in [-0.2, 0) is 16.1 Å². The number of nitrogens with zero attached hydrogens (tertiary/aromatic N) is 3. The fourth-order valence-electron chi connectivity index (χ4n) is 2.32. The van der Waals surface area contributed by atoms with Gasteiger partial charge in [0.15, 0.2) is 0 Å². The largest absolute Gasteiger partial charge is 0.444 e. The third kappa shape index (κ3) is 5.53. The van der Waals surface area contributed by atoms with Crippen LogP contribution in [0.5, 0.6) is 0 Å². The van der Waals surface area contributed by atoms with Gasteiger partial charge in [-0.15, -0.1) is 10.2 Å². The Labute approximate surface area is 135 Å². The molecule has 1 aromatic rings. The third-order valence-electron chi connectivity index (χ3n) is 3.41. The summed E-state index contributed by atoms with van der Waals surface area (Å²) in [7, 11) is 0. The van der Waals surface area contributed by atoms with Gasteiger partial charge in [-0.05, 0) is 46.5 Å². The van der Waals surface area contributed by atoms with Gasteiger partial charge in [-0.2, -0.15) is 0 Å². The highest BCUT2D eigenvalue weighted by atomic mass is 32.1. The highest BCUT2D eigenvalue weighted by molar-refractivity contribution is 7.11. The molecule has 0 radical (unpaired) electrons. The topological polar surface area (TPSA) is 64.6 Å². The molecule has 0 N–H and O–H groups in total. The van der Waals surface area contributed by atoms with Gasteiger partial charge in [-0.3, -0.25) is 0 Å². The first-order chi connectivity index (χ1) is 10.3. The average Bonchev–Trinajstić information content (AvgIpc) is 2.83. The molecule has 7 heteroatoms. The molecule has 0 unspecified atom stereocenters. The summed E-state index contributed by atoms with van der Waals surface area (Å²) in [5, 5.41) is 9.90. The Morgan fingerprint density at radius 1 is 1.32 bits per heavy atom. The van der Waals surface area contributed by atoms with Gasteiger partial charge in [0.05, 0.1) is 6.61 Å². The van der Waals surface area contributed by atoms with Gasteiger partial charge in [0.2, 0.25) is 0 Å². The number of ether oxygens (including phenoxy) is 2. The van der Waals surface area contributed by atoms with Crippen molar-refractivity contribution in [3.8, 4) is 0 Å². The summed E-state index contributed by atoms with van der Waals surface area (Å²) in [4.78, 5) is 13.8. The van der Waals surface area contributed by atoms with Crippen LogP contribution in [0.25, 0.3) is 0 Å². The molecule has 1 aliphatic rings. The highest BCUT2D eigenvalue weighted by Gasteiger charge is 2.26. The lowest BCUT2D eigenvalue weighted by Gasteiger charge is -2.33. The van der Waals surface area contributed by atoms with Crippen LogP contribution in [0.3, 0.4) is 0 Å². The number of piperidine rings is 1. The van der Waals surface area contributed by atoms with E-state index in [0.29, 0.717) is 19.1 Å². The van der Waals surface area contributed by atoms with E-state index >= 15 is 0 Å². The summed E-state index contributed by atoms with van der Waals surface area (Å²) < 4.78 is 11.1. The molecular weight excluding hydrogens is 302 g/mol. The standard InChI is InChI=1S/C15H25N3O3S/c1-11-16-17-13(22-11)10-20-9-12-5-7-18(8-6-12)14(19)21-15(2,3)4/h12H,5-10H2,1-4H3. The van der Waals surface area contributed by atoms with E-state index in [1.807, 2.05) is 27.7 Å². The number of likely N-dealkylation sites (tertiary alicyclic amines) is 1. The Hall–Kier alpha value is -1.21. The van der Waals surface area contributed by atoms with Gasteiger partial charge in [0, 0.05) is 13.1 Å². The number of carbonyl (C=O) groups excluding carboxylic acids is 1. The fraction of sp³-hybridized carbons (Fsp3) is 0.800. The van der Waals surface area contributed by atoms with Crippen molar-refractivity contribution in [3.05, 3.63) is 10.0 Å². The van der Waals surface area contributed by atoms with E-state index in [4.69, 9.17) is 9.47 Å². The Balaban J connectivity index is 1.65. The molecule has 2 rings (SSSR count). The SMILES string of the molecule is Cc1nnc(COCC2CCN(C(=O)OC(C)(C)C)CC2)s1. The van der Waals surface area contributed by atoms with Crippen LogP contribution in [0.15, 0.2) is 0 Å². The van der Waals surface area contributed by atoms with E-state index in [1.165, 1.54) is 0 Å². The number of hydrogen-bond acceptors (Lipinski definition) is 6. The first-order valence-corrected chi connectivity index (χ1v) is 8.50. The van der Waals surface area contributed by atoms with E-state index in [1.54, 1.807) is 16.2 Å². The molecule has 1 saturated heterocycles. The summed E-state index contributed by atoms with van der Waals surface area (Å²) in [6.07, 6.45) is 1.69. The lowest BCUT2D eigenvalue weighted by molar-refractivity contribution is 0.0105. The maximum absolute atomic E-state index is 12.0. The summed E-state index contributed by atoms with van der Waals surface area (Å²) in [6, 6.07) is 0. The maximum Gasteiger partial charge on any atom is 0.410 e. The number of carbonyl (C=O) groups is 1. The molecule has 1 aliphatic heterocycles. The van der Waals surface area contributed by atoms with Crippen molar-refractivity contribution >= 4 is 17.4 Å². The quantitative estimate of drug-likeness (QED) is 0.850. The molecule has 0 spiro atoms. The molecule has 0 saturated carbocycles. The number of rotatable bonds is 4. The Kier molecular flexibility index (Phi) is 5.74. The molecular formula is C15H25N3O3S. The van der Waals surface area contributed by atoms with Gasteiger partial charge < -0.3 is 14.4 Å². The number of aryl methyl sites for hydroxylation is 1. The first kappa shape index (κ1) is 17.1. The van der Waals surface area contributed by atoms with Gasteiger partial charge in [-0.1, -0.05) is 11.3 Å². The first-order valence-electron chi connectivity index (χ1n) is 7.68. The smallest absolute Gasteiger partial charge is 0.410 e. The molecule has 22 heavy (non-hydrogen) atoms. The molecule has 1 aromatic heterocycles. The molecule has 2 heterocycles. The minimum Gasteiger partial charge on any atom is -0.444 e. The minimum atomic E-state index is -0.434. The molecule has 0 aromatic carbocycles. The highest BCUT2D eigenvalue weighted by Crippen LogP contribution is 2.20. The fourth-order valence-corrected chi connectivity index (χ4v) is 2.96. The van der Waals surface area contributed by atoms with Crippen molar-refractivity contribution in [1.82, 2.24) is 15.1 Å². The third-order valence-corrected chi connectivity index (χ3v) is 4.23. The molecule has 0 aliphatic carbocycles. The molecule has 0 atom stereocenters. The molecule has 0 bridgehead atoms. The monoisotopic (exact) mass is 327 g/mol. The zero-order chi connectivity index (χ0) is 16.2. The summed E-state index contributed by atoms with van der Waals surface area (Å²) in [5.74, 6) is 0.493. The van der Waals surface area contributed by atoms with Gasteiger partial charge in [-0.25, -0.2) is 4.79 Å². The average molecular weight is 327 g/mol. The van der Waals surface area contributed by atoms with Crippen LogP contribution in [-0.4, -0.2) is 46.5 Å². The number of hydrogen-bond donors (Lipinski definition) is 0. The van der Waals surface area contributed by atoms with E-state index in [2.05, 4.69) is 10.2 Å². The van der Waals surface area contributed by atoms with Crippen LogP contribution < -0.4 is 0 Å². The predicted molar refractivity (Wildman–Crippen MR) is 84.8 cm³/mol. The van der Waals surface area contributed by atoms with Gasteiger partial charge in [0.1, 0.15) is 22.2 Å². The van der Waals surface area contributed by atoms with Crippen molar-refractivity contribution in [1.29, 1.82) is 0 Å². The van der Waals surface area contributed by atoms with Crippen molar-refractivity contribution in [2.75, 3.05) is 19.7 Å². The second-order valence-electron chi connectivity index (χ2n) is 6.64. The van der Waals surface area contributed by atoms with Crippen LogP contribution in [0.4, 0.5) is 4.79 Å². The van der Waals surface area contributed by atoms with E-state index < -0.39 is 5.60 Å². The zero-order valence-corrected chi connectivity index (χ0v) is 14.6. The lowest BCUT2D eigenvalue weighted by atomic mass is 9.98. The predicted octanol–water partition coefficient (Wildman–Crippen LogP) is 3.01. The molecule has 6 nitrogen and oxygen atoms in total. The Bertz CT molecular complexity index is 490. The van der Waals surface area contributed by atoms with Crippen molar-refractivity contribution in [3.63, 3.8) is 0 Å². The van der Waals surface area contributed by atoms with E-state index in [9.17, 15) is 4.79 Å². The van der Waals surface area contributed by atoms with Crippen LogP contribution in [0.2, 0.25) is 0 Å². The van der Waals surface area contributed by atoms with Crippen LogP contribution >= 0.6 is 11.3 Å². The molecule has 124 valence electrons. The number of amides is 1.